The molecule has 1 atom stereocenters. The quantitative estimate of drug-likeness (QED) is 0.801. The van der Waals surface area contributed by atoms with E-state index in [-0.39, 0.29) is 5.82 Å². The molecule has 0 fully saturated rings. The van der Waals surface area contributed by atoms with Crippen molar-refractivity contribution in [2.45, 2.75) is 33.7 Å². The summed E-state index contributed by atoms with van der Waals surface area (Å²) in [5, 5.41) is 3.47. The third-order valence-corrected chi connectivity index (χ3v) is 3.26. The van der Waals surface area contributed by atoms with Gasteiger partial charge in [0.15, 0.2) is 0 Å². The van der Waals surface area contributed by atoms with Gasteiger partial charge in [-0.15, -0.1) is 0 Å². The summed E-state index contributed by atoms with van der Waals surface area (Å²) < 4.78 is 13.8. The Morgan fingerprint density at radius 3 is 2.39 bits per heavy atom. The molecule has 1 aromatic carbocycles. The fourth-order valence-corrected chi connectivity index (χ4v) is 2.12. The SMILES string of the molecule is CCNC(CN(CC)c1ccccc1F)C(C)C. The summed E-state index contributed by atoms with van der Waals surface area (Å²) in [5.74, 6) is 0.393. The molecule has 0 amide bonds. The number of rotatable bonds is 7. The minimum atomic E-state index is -0.140. The van der Waals surface area contributed by atoms with Crippen LogP contribution in [0.1, 0.15) is 27.7 Å². The number of hydrogen-bond donors (Lipinski definition) is 1. The van der Waals surface area contributed by atoms with Crippen LogP contribution >= 0.6 is 0 Å². The topological polar surface area (TPSA) is 15.3 Å². The fraction of sp³-hybridized carbons (Fsp3) is 0.600. The van der Waals surface area contributed by atoms with Gasteiger partial charge < -0.3 is 10.2 Å². The predicted octanol–water partition coefficient (Wildman–Crippen LogP) is 3.29. The van der Waals surface area contributed by atoms with Gasteiger partial charge in [-0.2, -0.15) is 0 Å². The van der Waals surface area contributed by atoms with Crippen molar-refractivity contribution in [2.75, 3.05) is 24.5 Å². The Balaban J connectivity index is 2.80. The van der Waals surface area contributed by atoms with E-state index in [0.29, 0.717) is 17.6 Å². The number of likely N-dealkylation sites (N-methyl/N-ethyl adjacent to an activating group) is 2. The number of nitrogens with one attached hydrogen (secondary N) is 1. The molecule has 1 rings (SSSR count). The first-order valence-corrected chi connectivity index (χ1v) is 6.83. The highest BCUT2D eigenvalue weighted by Gasteiger charge is 2.17. The molecule has 0 aliphatic heterocycles. The number of para-hydroxylation sites is 1. The van der Waals surface area contributed by atoms with Crippen LogP contribution in [0.3, 0.4) is 0 Å². The molecule has 0 aliphatic rings. The second-order valence-corrected chi connectivity index (χ2v) is 4.90. The number of halogens is 1. The van der Waals surface area contributed by atoms with Crippen LogP contribution in [-0.4, -0.2) is 25.7 Å². The molecule has 2 nitrogen and oxygen atoms in total. The van der Waals surface area contributed by atoms with Crippen LogP contribution in [-0.2, 0) is 0 Å². The molecule has 0 saturated carbocycles. The zero-order valence-corrected chi connectivity index (χ0v) is 11.9. The molecule has 3 heteroatoms. The Morgan fingerprint density at radius 2 is 1.89 bits per heavy atom. The van der Waals surface area contributed by atoms with Gasteiger partial charge in [0.2, 0.25) is 0 Å². The Morgan fingerprint density at radius 1 is 1.22 bits per heavy atom. The van der Waals surface area contributed by atoms with E-state index in [1.165, 1.54) is 6.07 Å². The van der Waals surface area contributed by atoms with Gasteiger partial charge in [0.05, 0.1) is 5.69 Å². The molecule has 1 aromatic rings. The second-order valence-electron chi connectivity index (χ2n) is 4.90. The zero-order valence-electron chi connectivity index (χ0n) is 11.9. The van der Waals surface area contributed by atoms with Crippen molar-refractivity contribution in [3.8, 4) is 0 Å². The summed E-state index contributed by atoms with van der Waals surface area (Å²) >= 11 is 0. The van der Waals surface area contributed by atoms with Crippen LogP contribution in [0.5, 0.6) is 0 Å². The van der Waals surface area contributed by atoms with Crippen molar-refractivity contribution >= 4 is 5.69 Å². The Kier molecular flexibility index (Phi) is 6.13. The van der Waals surface area contributed by atoms with Crippen molar-refractivity contribution in [3.63, 3.8) is 0 Å². The van der Waals surface area contributed by atoms with E-state index in [9.17, 15) is 4.39 Å². The maximum atomic E-state index is 13.8. The standard InChI is InChI=1S/C15H25FN2/c1-5-17-14(12(3)4)11-18(6-2)15-10-8-7-9-13(15)16/h7-10,12,14,17H,5-6,11H2,1-4H3. The van der Waals surface area contributed by atoms with Crippen LogP contribution in [0.25, 0.3) is 0 Å². The van der Waals surface area contributed by atoms with E-state index in [2.05, 4.69) is 37.9 Å². The molecule has 102 valence electrons. The smallest absolute Gasteiger partial charge is 0.146 e. The van der Waals surface area contributed by atoms with Gasteiger partial charge in [-0.1, -0.05) is 32.9 Å². The molecule has 1 N–H and O–H groups in total. The van der Waals surface area contributed by atoms with E-state index in [1.807, 2.05) is 12.1 Å². The normalized spacial score (nSPS) is 12.8. The van der Waals surface area contributed by atoms with E-state index >= 15 is 0 Å². The van der Waals surface area contributed by atoms with Gasteiger partial charge in [-0.3, -0.25) is 0 Å². The molecule has 18 heavy (non-hydrogen) atoms. The van der Waals surface area contributed by atoms with E-state index < -0.39 is 0 Å². The summed E-state index contributed by atoms with van der Waals surface area (Å²) in [6, 6.07) is 7.38. The lowest BCUT2D eigenvalue weighted by molar-refractivity contribution is 0.405. The molecule has 0 saturated heterocycles. The van der Waals surface area contributed by atoms with E-state index in [1.54, 1.807) is 6.07 Å². The van der Waals surface area contributed by atoms with E-state index in [4.69, 9.17) is 0 Å². The van der Waals surface area contributed by atoms with Crippen LogP contribution < -0.4 is 10.2 Å². The minimum Gasteiger partial charge on any atom is -0.368 e. The summed E-state index contributed by atoms with van der Waals surface area (Å²) in [5.41, 5.74) is 0.698. The summed E-state index contributed by atoms with van der Waals surface area (Å²) in [6.45, 7) is 11.2. The molecular weight excluding hydrogens is 227 g/mol. The van der Waals surface area contributed by atoms with Gasteiger partial charge in [-0.25, -0.2) is 4.39 Å². The molecule has 0 radical (unpaired) electrons. The zero-order chi connectivity index (χ0) is 13.5. The van der Waals surface area contributed by atoms with Crippen LogP contribution in [0, 0.1) is 11.7 Å². The van der Waals surface area contributed by atoms with Crippen molar-refractivity contribution in [2.24, 2.45) is 5.92 Å². The molecule has 0 bridgehead atoms. The van der Waals surface area contributed by atoms with Crippen molar-refractivity contribution in [1.29, 1.82) is 0 Å². The number of nitrogens with zero attached hydrogens (tertiary/aromatic N) is 1. The van der Waals surface area contributed by atoms with Crippen LogP contribution in [0.15, 0.2) is 24.3 Å². The molecule has 1 unspecified atom stereocenters. The van der Waals surface area contributed by atoms with Crippen molar-refractivity contribution in [1.82, 2.24) is 5.32 Å². The average molecular weight is 252 g/mol. The van der Waals surface area contributed by atoms with Crippen molar-refractivity contribution < 1.29 is 4.39 Å². The Labute approximate surface area is 110 Å². The van der Waals surface area contributed by atoms with Gasteiger partial charge in [-0.05, 0) is 31.5 Å². The predicted molar refractivity (Wildman–Crippen MR) is 76.6 cm³/mol. The average Bonchev–Trinajstić information content (AvgIpc) is 2.35. The van der Waals surface area contributed by atoms with Gasteiger partial charge in [0.25, 0.3) is 0 Å². The lowest BCUT2D eigenvalue weighted by Crippen LogP contribution is -2.44. The maximum absolute atomic E-state index is 13.8. The monoisotopic (exact) mass is 252 g/mol. The molecule has 0 heterocycles. The summed E-state index contributed by atoms with van der Waals surface area (Å²) in [7, 11) is 0. The van der Waals surface area contributed by atoms with Crippen molar-refractivity contribution in [3.05, 3.63) is 30.1 Å². The van der Waals surface area contributed by atoms with Gasteiger partial charge >= 0.3 is 0 Å². The lowest BCUT2D eigenvalue weighted by atomic mass is 10.0. The highest BCUT2D eigenvalue weighted by atomic mass is 19.1. The first-order chi connectivity index (χ1) is 8.60. The van der Waals surface area contributed by atoms with E-state index in [0.717, 1.165) is 19.6 Å². The maximum Gasteiger partial charge on any atom is 0.146 e. The molecule has 0 aromatic heterocycles. The second kappa shape index (κ2) is 7.37. The molecule has 0 aliphatic carbocycles. The Hall–Kier alpha value is -1.09. The molecular formula is C15H25FN2. The third-order valence-electron chi connectivity index (χ3n) is 3.26. The number of anilines is 1. The van der Waals surface area contributed by atoms with Gasteiger partial charge in [0.1, 0.15) is 5.82 Å². The lowest BCUT2D eigenvalue weighted by Gasteiger charge is -2.31. The summed E-state index contributed by atoms with van der Waals surface area (Å²) in [6.07, 6.45) is 0. The fourth-order valence-electron chi connectivity index (χ4n) is 2.12. The summed E-state index contributed by atoms with van der Waals surface area (Å²) in [4.78, 5) is 2.10. The van der Waals surface area contributed by atoms with Gasteiger partial charge in [0, 0.05) is 19.1 Å². The third kappa shape index (κ3) is 3.98. The largest absolute Gasteiger partial charge is 0.368 e. The Bertz CT molecular complexity index is 352. The molecule has 0 spiro atoms. The van der Waals surface area contributed by atoms with Crippen LogP contribution in [0.2, 0.25) is 0 Å². The minimum absolute atomic E-state index is 0.140. The highest BCUT2D eigenvalue weighted by molar-refractivity contribution is 5.47. The first-order valence-electron chi connectivity index (χ1n) is 6.83. The number of hydrogen-bond acceptors (Lipinski definition) is 2. The van der Waals surface area contributed by atoms with Crippen LogP contribution in [0.4, 0.5) is 10.1 Å². The first kappa shape index (κ1) is 15.0. The highest BCUT2D eigenvalue weighted by Crippen LogP contribution is 2.19. The number of benzene rings is 1.